The van der Waals surface area contributed by atoms with Crippen molar-refractivity contribution in [1.82, 2.24) is 5.01 Å². The third-order valence-corrected chi connectivity index (χ3v) is 5.12. The fraction of sp³-hybridized carbons (Fsp3) is 0.211. The molecule has 0 fully saturated rings. The molecule has 0 radical (unpaired) electrons. The summed E-state index contributed by atoms with van der Waals surface area (Å²) in [4.78, 5) is 24.4. The van der Waals surface area contributed by atoms with Crippen molar-refractivity contribution in [2.45, 2.75) is 19.3 Å². The Hall–Kier alpha value is -1.99. The van der Waals surface area contributed by atoms with Gasteiger partial charge in [0.1, 0.15) is 0 Å². The molecule has 2 aromatic carbocycles. The highest BCUT2D eigenvalue weighted by Crippen LogP contribution is 2.26. The van der Waals surface area contributed by atoms with E-state index in [0.29, 0.717) is 12.2 Å². The number of benzene rings is 2. The second-order valence-electron chi connectivity index (χ2n) is 5.85. The van der Waals surface area contributed by atoms with Crippen LogP contribution in [0.4, 0.5) is 5.69 Å². The van der Waals surface area contributed by atoms with E-state index in [4.69, 9.17) is 0 Å². The molecular formula is C19H17Br2N3O2. The van der Waals surface area contributed by atoms with Crippen LogP contribution >= 0.6 is 31.9 Å². The van der Waals surface area contributed by atoms with Crippen LogP contribution < -0.4 is 5.32 Å². The first-order valence-corrected chi connectivity index (χ1v) is 9.80. The summed E-state index contributed by atoms with van der Waals surface area (Å²) in [5.41, 5.74) is 2.61. The third-order valence-electron chi connectivity index (χ3n) is 3.97. The van der Waals surface area contributed by atoms with Crippen LogP contribution in [0.3, 0.4) is 0 Å². The molecule has 0 aromatic heterocycles. The quantitative estimate of drug-likeness (QED) is 0.684. The average molecular weight is 479 g/mol. The van der Waals surface area contributed by atoms with Crippen LogP contribution in [0.25, 0.3) is 0 Å². The molecule has 0 saturated heterocycles. The molecule has 1 aliphatic heterocycles. The molecule has 134 valence electrons. The van der Waals surface area contributed by atoms with E-state index in [1.807, 2.05) is 42.5 Å². The lowest BCUT2D eigenvalue weighted by Gasteiger charge is -2.11. The van der Waals surface area contributed by atoms with Crippen LogP contribution in [0.5, 0.6) is 0 Å². The van der Waals surface area contributed by atoms with Gasteiger partial charge in [0.15, 0.2) is 0 Å². The zero-order valence-electron chi connectivity index (χ0n) is 13.9. The molecule has 26 heavy (non-hydrogen) atoms. The maximum Gasteiger partial charge on any atom is 0.243 e. The normalized spacial score (nSPS) is 13.5. The number of nitrogens with one attached hydrogen (secondary N) is 1. The molecule has 2 amide bonds. The highest BCUT2D eigenvalue weighted by atomic mass is 79.9. The summed E-state index contributed by atoms with van der Waals surface area (Å²) in [5.74, 6) is -0.339. The van der Waals surface area contributed by atoms with Gasteiger partial charge in [-0.15, -0.1) is 0 Å². The summed E-state index contributed by atoms with van der Waals surface area (Å²) >= 11 is 6.77. The largest absolute Gasteiger partial charge is 0.325 e. The van der Waals surface area contributed by atoms with E-state index >= 15 is 0 Å². The van der Waals surface area contributed by atoms with Gasteiger partial charge in [0, 0.05) is 28.2 Å². The standard InChI is InChI=1S/C19H17Br2N3O2/c20-14-6-7-17(15(21)12-14)22-18(25)8-9-19(26)24-11-10-16(23-24)13-4-2-1-3-5-13/h1-7,12H,8-11H2,(H,22,25). The summed E-state index contributed by atoms with van der Waals surface area (Å²) in [5, 5.41) is 8.67. The van der Waals surface area contributed by atoms with Crippen LogP contribution in [0.1, 0.15) is 24.8 Å². The van der Waals surface area contributed by atoms with E-state index in [9.17, 15) is 9.59 Å². The van der Waals surface area contributed by atoms with Crippen LogP contribution in [-0.4, -0.2) is 29.1 Å². The molecule has 7 heteroatoms. The Morgan fingerprint density at radius 1 is 1.08 bits per heavy atom. The predicted molar refractivity (Wildman–Crippen MR) is 109 cm³/mol. The first kappa shape index (κ1) is 18.8. The number of amides is 2. The van der Waals surface area contributed by atoms with E-state index < -0.39 is 0 Å². The minimum atomic E-state index is -0.201. The molecule has 5 nitrogen and oxygen atoms in total. The molecule has 0 aliphatic carbocycles. The number of hydrazone groups is 1. The van der Waals surface area contributed by atoms with Crippen molar-refractivity contribution in [3.05, 3.63) is 63.0 Å². The van der Waals surface area contributed by atoms with Gasteiger partial charge in [-0.2, -0.15) is 5.10 Å². The third kappa shape index (κ3) is 4.80. The maximum atomic E-state index is 12.3. The molecule has 0 unspecified atom stereocenters. The zero-order valence-corrected chi connectivity index (χ0v) is 17.1. The van der Waals surface area contributed by atoms with Gasteiger partial charge in [-0.05, 0) is 39.7 Å². The lowest BCUT2D eigenvalue weighted by Crippen LogP contribution is -2.25. The Balaban J connectivity index is 1.52. The minimum absolute atomic E-state index is 0.119. The van der Waals surface area contributed by atoms with Crippen molar-refractivity contribution in [1.29, 1.82) is 0 Å². The molecule has 2 aromatic rings. The lowest BCUT2D eigenvalue weighted by molar-refractivity contribution is -0.132. The van der Waals surface area contributed by atoms with Crippen molar-refractivity contribution in [3.63, 3.8) is 0 Å². The Morgan fingerprint density at radius 2 is 1.85 bits per heavy atom. The number of hydrogen-bond acceptors (Lipinski definition) is 3. The van der Waals surface area contributed by atoms with Crippen molar-refractivity contribution in [3.8, 4) is 0 Å². The Morgan fingerprint density at radius 3 is 2.58 bits per heavy atom. The number of hydrogen-bond donors (Lipinski definition) is 1. The second-order valence-corrected chi connectivity index (χ2v) is 7.62. The average Bonchev–Trinajstić information content (AvgIpc) is 3.13. The van der Waals surface area contributed by atoms with Gasteiger partial charge in [-0.25, -0.2) is 5.01 Å². The number of anilines is 1. The molecule has 0 bridgehead atoms. The van der Waals surface area contributed by atoms with Gasteiger partial charge < -0.3 is 5.32 Å². The van der Waals surface area contributed by atoms with E-state index in [1.54, 1.807) is 6.07 Å². The van der Waals surface area contributed by atoms with Crippen LogP contribution in [-0.2, 0) is 9.59 Å². The van der Waals surface area contributed by atoms with Crippen molar-refractivity contribution < 1.29 is 9.59 Å². The molecule has 0 spiro atoms. The molecule has 3 rings (SSSR count). The van der Waals surface area contributed by atoms with Crippen molar-refractivity contribution >= 4 is 55.1 Å². The SMILES string of the molecule is O=C(CCC(=O)N1CCC(c2ccccc2)=N1)Nc1ccc(Br)cc1Br. The van der Waals surface area contributed by atoms with E-state index in [2.05, 4.69) is 42.3 Å². The number of halogens is 2. The van der Waals surface area contributed by atoms with Gasteiger partial charge in [0.25, 0.3) is 0 Å². The fourth-order valence-electron chi connectivity index (χ4n) is 2.62. The van der Waals surface area contributed by atoms with Gasteiger partial charge in [-0.1, -0.05) is 46.3 Å². The number of rotatable bonds is 5. The second kappa shape index (κ2) is 8.60. The van der Waals surface area contributed by atoms with Gasteiger partial charge >= 0.3 is 0 Å². The first-order chi connectivity index (χ1) is 12.5. The van der Waals surface area contributed by atoms with Crippen molar-refractivity contribution in [2.75, 3.05) is 11.9 Å². The number of carbonyl (C=O) groups is 2. The molecule has 1 heterocycles. The fourth-order valence-corrected chi connectivity index (χ4v) is 3.77. The predicted octanol–water partition coefficient (Wildman–Crippen LogP) is 4.57. The monoisotopic (exact) mass is 477 g/mol. The molecule has 0 atom stereocenters. The zero-order chi connectivity index (χ0) is 18.5. The molecule has 0 saturated carbocycles. The Kier molecular flexibility index (Phi) is 6.21. The minimum Gasteiger partial charge on any atom is -0.325 e. The maximum absolute atomic E-state index is 12.3. The van der Waals surface area contributed by atoms with Gasteiger partial charge in [0.05, 0.1) is 17.9 Å². The van der Waals surface area contributed by atoms with Crippen LogP contribution in [0.15, 0.2) is 62.6 Å². The topological polar surface area (TPSA) is 61.8 Å². The van der Waals surface area contributed by atoms with E-state index in [1.165, 1.54) is 5.01 Å². The smallest absolute Gasteiger partial charge is 0.243 e. The summed E-state index contributed by atoms with van der Waals surface area (Å²) in [6.07, 6.45) is 0.980. The first-order valence-electron chi connectivity index (χ1n) is 8.21. The van der Waals surface area contributed by atoms with Crippen molar-refractivity contribution in [2.24, 2.45) is 5.10 Å². The Bertz CT molecular complexity index is 853. The van der Waals surface area contributed by atoms with E-state index in [-0.39, 0.29) is 24.7 Å². The van der Waals surface area contributed by atoms with Crippen LogP contribution in [0, 0.1) is 0 Å². The molecular weight excluding hydrogens is 462 g/mol. The molecule has 1 N–H and O–H groups in total. The highest BCUT2D eigenvalue weighted by molar-refractivity contribution is 9.11. The van der Waals surface area contributed by atoms with E-state index in [0.717, 1.165) is 26.6 Å². The summed E-state index contributed by atoms with van der Waals surface area (Å²) in [6, 6.07) is 15.3. The van der Waals surface area contributed by atoms with Gasteiger partial charge in [-0.3, -0.25) is 9.59 Å². The summed E-state index contributed by atoms with van der Waals surface area (Å²) in [7, 11) is 0. The highest BCUT2D eigenvalue weighted by Gasteiger charge is 2.22. The number of carbonyl (C=O) groups excluding carboxylic acids is 2. The summed E-state index contributed by atoms with van der Waals surface area (Å²) in [6.45, 7) is 0.558. The number of nitrogens with zero attached hydrogens (tertiary/aromatic N) is 2. The Labute approximate surface area is 168 Å². The van der Waals surface area contributed by atoms with Gasteiger partial charge in [0.2, 0.25) is 11.8 Å². The lowest BCUT2D eigenvalue weighted by atomic mass is 10.1. The summed E-state index contributed by atoms with van der Waals surface area (Å²) < 4.78 is 1.70. The molecule has 1 aliphatic rings. The van der Waals surface area contributed by atoms with Crippen LogP contribution in [0.2, 0.25) is 0 Å².